The van der Waals surface area contributed by atoms with E-state index in [1.54, 1.807) is 42.5 Å². The molecule has 0 fully saturated rings. The first-order valence-electron chi connectivity index (χ1n) is 23.1. The third kappa shape index (κ3) is 23.8. The van der Waals surface area contributed by atoms with Crippen molar-refractivity contribution >= 4 is 47.4 Å². The molecule has 0 saturated heterocycles. The summed E-state index contributed by atoms with van der Waals surface area (Å²) in [6.07, 6.45) is 9.62. The summed E-state index contributed by atoms with van der Waals surface area (Å²) in [5.41, 5.74) is 6.57. The van der Waals surface area contributed by atoms with Gasteiger partial charge in [0.05, 0.1) is 12.5 Å². The zero-order valence-corrected chi connectivity index (χ0v) is 38.6. The molecule has 2 aromatic rings. The molecule has 0 radical (unpaired) electrons. The lowest BCUT2D eigenvalue weighted by molar-refractivity contribution is -0.142. The smallest absolute Gasteiger partial charge is 0.326 e. The zero-order chi connectivity index (χ0) is 49.0. The van der Waals surface area contributed by atoms with Crippen molar-refractivity contribution in [3.63, 3.8) is 0 Å². The van der Waals surface area contributed by atoms with Crippen LogP contribution in [0.15, 0.2) is 54.6 Å². The van der Waals surface area contributed by atoms with Crippen LogP contribution in [-0.2, 0) is 51.2 Å². The third-order valence-corrected chi connectivity index (χ3v) is 10.9. The summed E-state index contributed by atoms with van der Waals surface area (Å²) >= 11 is 0. The number of carbonyl (C=O) groups excluding carboxylic acids is 6. The van der Waals surface area contributed by atoms with Gasteiger partial charge >= 0.3 is 11.9 Å². The van der Waals surface area contributed by atoms with E-state index in [-0.39, 0.29) is 43.8 Å². The number of carboxylic acid groups (broad SMARTS) is 2. The number of rotatable bonds is 34. The Morgan fingerprint density at radius 2 is 0.924 bits per heavy atom. The molecular weight excluding hydrogens is 853 g/mol. The number of primary amides is 1. The highest BCUT2D eigenvalue weighted by molar-refractivity contribution is 5.94. The molecular formula is C48H72N6O12. The number of amides is 6. The minimum absolute atomic E-state index is 0.0138. The molecule has 66 heavy (non-hydrogen) atoms. The summed E-state index contributed by atoms with van der Waals surface area (Å²) in [4.78, 5) is 100. The highest BCUT2D eigenvalue weighted by Gasteiger charge is 2.32. The number of aromatic hydroxyl groups is 1. The molecule has 0 heterocycles. The minimum atomic E-state index is -1.33. The normalized spacial score (nSPS) is 13.8. The Morgan fingerprint density at radius 3 is 1.35 bits per heavy atom. The van der Waals surface area contributed by atoms with Gasteiger partial charge in [0, 0.05) is 25.7 Å². The second kappa shape index (κ2) is 31.0. The van der Waals surface area contributed by atoms with Crippen molar-refractivity contribution in [2.45, 2.75) is 173 Å². The Balaban J connectivity index is 1.63. The number of aliphatic hydroxyl groups excluding tert-OH is 1. The molecule has 6 atom stereocenters. The number of aliphatic carboxylic acids is 2. The first-order chi connectivity index (χ1) is 31.4. The van der Waals surface area contributed by atoms with Crippen molar-refractivity contribution < 1.29 is 58.8 Å². The lowest BCUT2D eigenvalue weighted by Crippen LogP contribution is -2.58. The van der Waals surface area contributed by atoms with Crippen molar-refractivity contribution in [3.8, 4) is 5.75 Å². The summed E-state index contributed by atoms with van der Waals surface area (Å²) in [5.74, 6) is -6.50. The van der Waals surface area contributed by atoms with Gasteiger partial charge in [0.15, 0.2) is 0 Å². The van der Waals surface area contributed by atoms with E-state index >= 15 is 0 Å². The van der Waals surface area contributed by atoms with Crippen LogP contribution in [0.25, 0.3) is 0 Å². The molecule has 0 aliphatic heterocycles. The Hall–Kier alpha value is -6.04. The molecule has 2 aromatic carbocycles. The zero-order valence-electron chi connectivity index (χ0n) is 38.6. The molecule has 0 aliphatic carbocycles. The van der Waals surface area contributed by atoms with Gasteiger partial charge in [-0.25, -0.2) is 9.59 Å². The Morgan fingerprint density at radius 1 is 0.515 bits per heavy atom. The largest absolute Gasteiger partial charge is 0.508 e. The fourth-order valence-corrected chi connectivity index (χ4v) is 7.29. The maximum atomic E-state index is 13.3. The fourth-order valence-electron chi connectivity index (χ4n) is 7.29. The van der Waals surface area contributed by atoms with E-state index in [2.05, 4.69) is 26.6 Å². The van der Waals surface area contributed by atoms with Crippen LogP contribution >= 0.6 is 0 Å². The van der Waals surface area contributed by atoms with Crippen molar-refractivity contribution in [1.29, 1.82) is 0 Å². The number of aliphatic hydroxyl groups is 1. The number of phenols is 1. The molecule has 0 aromatic heterocycles. The number of carbonyl (C=O) groups is 8. The predicted octanol–water partition coefficient (Wildman–Crippen LogP) is 3.53. The molecule has 0 spiro atoms. The number of hydrogen-bond donors (Lipinski definition) is 10. The monoisotopic (exact) mass is 925 g/mol. The summed E-state index contributed by atoms with van der Waals surface area (Å²) in [7, 11) is 0. The quantitative estimate of drug-likeness (QED) is 0.0451. The number of nitrogens with two attached hydrogens (primary N) is 1. The van der Waals surface area contributed by atoms with E-state index in [1.807, 2.05) is 13.8 Å². The summed E-state index contributed by atoms with van der Waals surface area (Å²) in [6.45, 7) is 5.02. The molecule has 18 heteroatoms. The van der Waals surface area contributed by atoms with E-state index in [0.29, 0.717) is 24.0 Å². The Kier molecular flexibility index (Phi) is 26.3. The highest BCUT2D eigenvalue weighted by Crippen LogP contribution is 2.15. The van der Waals surface area contributed by atoms with Crippen LogP contribution in [0.5, 0.6) is 5.75 Å². The Bertz CT molecular complexity index is 1840. The lowest BCUT2D eigenvalue weighted by Gasteiger charge is -2.26. The second-order valence-corrected chi connectivity index (χ2v) is 17.4. The van der Waals surface area contributed by atoms with Gasteiger partial charge in [-0.3, -0.25) is 28.8 Å². The number of benzene rings is 2. The van der Waals surface area contributed by atoms with Gasteiger partial charge in [-0.1, -0.05) is 121 Å². The second-order valence-electron chi connectivity index (χ2n) is 17.4. The molecule has 0 aliphatic rings. The maximum Gasteiger partial charge on any atom is 0.326 e. The SMILES string of the molecule is CC(C)C[C@H](NC(=O)[C@@H](NC(=O)CCCCCCCCCCCCCCC(=O)N[C@@H](CC(N)=O)C(=O)N[C@@H](Cc1ccccc1)C(=O)O)C(C)O)C(=O)N[C@@H](Cc1ccc(O)cc1)C(=O)O. The number of carboxylic acids is 2. The van der Waals surface area contributed by atoms with Crippen LogP contribution < -0.4 is 32.3 Å². The number of unbranched alkanes of at least 4 members (excludes halogenated alkanes) is 11. The van der Waals surface area contributed by atoms with Crippen LogP contribution in [0.1, 0.15) is 135 Å². The van der Waals surface area contributed by atoms with Crippen molar-refractivity contribution in [1.82, 2.24) is 26.6 Å². The van der Waals surface area contributed by atoms with Gasteiger partial charge in [0.2, 0.25) is 35.4 Å². The molecule has 366 valence electrons. The van der Waals surface area contributed by atoms with Crippen LogP contribution in [0.3, 0.4) is 0 Å². The average molecular weight is 925 g/mol. The number of hydrogen-bond acceptors (Lipinski definition) is 10. The van der Waals surface area contributed by atoms with Gasteiger partial charge in [-0.2, -0.15) is 0 Å². The van der Waals surface area contributed by atoms with Crippen LogP contribution in [0, 0.1) is 5.92 Å². The van der Waals surface area contributed by atoms with E-state index in [4.69, 9.17) is 5.73 Å². The molecule has 18 nitrogen and oxygen atoms in total. The fraction of sp³-hybridized carbons (Fsp3) is 0.583. The van der Waals surface area contributed by atoms with Crippen molar-refractivity contribution in [2.24, 2.45) is 11.7 Å². The number of nitrogens with one attached hydrogen (secondary N) is 5. The third-order valence-electron chi connectivity index (χ3n) is 10.9. The van der Waals surface area contributed by atoms with Gasteiger partial charge in [0.1, 0.15) is 36.0 Å². The van der Waals surface area contributed by atoms with Crippen LogP contribution in [0.4, 0.5) is 0 Å². The first kappa shape index (κ1) is 56.1. The average Bonchev–Trinajstić information content (AvgIpc) is 3.25. The summed E-state index contributed by atoms with van der Waals surface area (Å²) in [6, 6.07) is 8.37. The van der Waals surface area contributed by atoms with Crippen molar-refractivity contribution in [3.05, 3.63) is 65.7 Å². The van der Waals surface area contributed by atoms with Gasteiger partial charge in [-0.05, 0) is 55.4 Å². The van der Waals surface area contributed by atoms with E-state index in [1.165, 1.54) is 19.1 Å². The van der Waals surface area contributed by atoms with Gasteiger partial charge < -0.3 is 52.7 Å². The topological polar surface area (TPSA) is 304 Å². The summed E-state index contributed by atoms with van der Waals surface area (Å²) < 4.78 is 0. The molecule has 1 unspecified atom stereocenters. The molecule has 6 amide bonds. The van der Waals surface area contributed by atoms with Crippen LogP contribution in [0.2, 0.25) is 0 Å². The van der Waals surface area contributed by atoms with Gasteiger partial charge in [-0.15, -0.1) is 0 Å². The lowest BCUT2D eigenvalue weighted by atomic mass is 10.0. The first-order valence-corrected chi connectivity index (χ1v) is 23.1. The predicted molar refractivity (Wildman–Crippen MR) is 246 cm³/mol. The van der Waals surface area contributed by atoms with Crippen LogP contribution in [-0.4, -0.2) is 104 Å². The summed E-state index contributed by atoms with van der Waals surface area (Å²) in [5, 5.41) is 51.9. The van der Waals surface area contributed by atoms with E-state index in [0.717, 1.165) is 64.2 Å². The standard InChI is InChI=1S/C48H72N6O12/c1-31(2)27-36(44(60)52-39(48(65)66)29-34-23-25-35(56)26-24-34)51-46(62)43(32(3)55)54-42(59)22-18-13-11-9-7-5-4-6-8-10-12-17-21-41(58)50-37(30-40(49)57)45(61)53-38(47(63)64)28-33-19-15-14-16-20-33/h14-16,19-20,23-26,31-32,36-39,43,55-56H,4-13,17-18,21-22,27-30H2,1-3H3,(H2,49,57)(H,50,58)(H,51,62)(H,52,60)(H,53,61)(H,54,59)(H,63,64)(H,65,66)/t32?,36-,37-,38-,39-,43-/m0/s1. The maximum absolute atomic E-state index is 13.3. The molecule has 11 N–H and O–H groups in total. The Labute approximate surface area is 387 Å². The number of phenolic OH excluding ortho intramolecular Hbond substituents is 1. The molecule has 2 rings (SSSR count). The van der Waals surface area contributed by atoms with E-state index < -0.39 is 90.1 Å². The highest BCUT2D eigenvalue weighted by atomic mass is 16.4. The molecule has 0 saturated carbocycles. The minimum Gasteiger partial charge on any atom is -0.508 e. The van der Waals surface area contributed by atoms with E-state index in [9.17, 15) is 58.8 Å². The molecule has 0 bridgehead atoms. The van der Waals surface area contributed by atoms with Gasteiger partial charge in [0.25, 0.3) is 0 Å². The van der Waals surface area contributed by atoms with Crippen molar-refractivity contribution in [2.75, 3.05) is 0 Å².